The summed E-state index contributed by atoms with van der Waals surface area (Å²) in [5.41, 5.74) is 3.89. The largest absolute Gasteiger partial charge is 0.321 e. The summed E-state index contributed by atoms with van der Waals surface area (Å²) in [7, 11) is 0. The minimum absolute atomic E-state index is 0.0701. The summed E-state index contributed by atoms with van der Waals surface area (Å²) in [6.07, 6.45) is 0. The van der Waals surface area contributed by atoms with Gasteiger partial charge in [-0.25, -0.2) is 0 Å². The Bertz CT molecular complexity index is 811. The fraction of sp³-hybridized carbons (Fsp3) is 0.0556. The van der Waals surface area contributed by atoms with Crippen molar-refractivity contribution >= 4 is 38.9 Å². The van der Waals surface area contributed by atoms with Gasteiger partial charge in [0, 0.05) is 15.7 Å². The molecule has 2 aromatic carbocycles. The molecule has 4 heteroatoms. The van der Waals surface area contributed by atoms with Crippen LogP contribution in [-0.2, 0) is 0 Å². The predicted octanol–water partition coefficient (Wildman–Crippen LogP) is 5.74. The summed E-state index contributed by atoms with van der Waals surface area (Å²) in [6.45, 7) is 1.98. The van der Waals surface area contributed by atoms with Gasteiger partial charge < -0.3 is 5.32 Å². The van der Waals surface area contributed by atoms with Crippen molar-refractivity contribution in [3.05, 3.63) is 74.9 Å². The van der Waals surface area contributed by atoms with Gasteiger partial charge in [-0.2, -0.15) is 0 Å². The van der Waals surface area contributed by atoms with Gasteiger partial charge in [0.15, 0.2) is 0 Å². The van der Waals surface area contributed by atoms with Gasteiger partial charge in [0.1, 0.15) is 0 Å². The topological polar surface area (TPSA) is 29.1 Å². The maximum Gasteiger partial charge on any atom is 0.266 e. The lowest BCUT2D eigenvalue weighted by molar-refractivity contribution is 0.103. The van der Waals surface area contributed by atoms with Crippen LogP contribution < -0.4 is 5.32 Å². The molecule has 0 saturated carbocycles. The third-order valence-electron chi connectivity index (χ3n) is 3.39. The molecule has 1 aromatic heterocycles. The molecule has 0 fully saturated rings. The molecule has 0 atom stereocenters. The van der Waals surface area contributed by atoms with E-state index < -0.39 is 0 Å². The van der Waals surface area contributed by atoms with E-state index in [1.165, 1.54) is 11.3 Å². The molecule has 0 unspecified atom stereocenters. The number of amides is 1. The first kappa shape index (κ1) is 15.0. The quantitative estimate of drug-likeness (QED) is 0.624. The fourth-order valence-electron chi connectivity index (χ4n) is 2.28. The lowest BCUT2D eigenvalue weighted by Gasteiger charge is -2.09. The molecule has 0 aliphatic carbocycles. The number of rotatable bonds is 3. The zero-order valence-corrected chi connectivity index (χ0v) is 14.4. The van der Waals surface area contributed by atoms with Crippen molar-refractivity contribution in [1.29, 1.82) is 0 Å². The molecule has 0 aliphatic rings. The molecule has 1 amide bonds. The Balaban J connectivity index is 1.89. The molecule has 0 aliphatic heterocycles. The van der Waals surface area contributed by atoms with Gasteiger partial charge in [0.2, 0.25) is 0 Å². The molecular weight excluding hydrogens is 358 g/mol. The summed E-state index contributed by atoms with van der Waals surface area (Å²) in [5, 5.41) is 4.95. The van der Waals surface area contributed by atoms with E-state index in [-0.39, 0.29) is 5.91 Å². The number of anilines is 1. The Morgan fingerprint density at radius 3 is 2.59 bits per heavy atom. The highest BCUT2D eigenvalue weighted by atomic mass is 79.9. The lowest BCUT2D eigenvalue weighted by atomic mass is 10.1. The van der Waals surface area contributed by atoms with Crippen LogP contribution in [0.4, 0.5) is 5.69 Å². The van der Waals surface area contributed by atoms with Crippen LogP contribution in [0, 0.1) is 6.92 Å². The SMILES string of the molecule is Cc1cc(Br)ccc1NC(=O)c1sccc1-c1ccccc1. The van der Waals surface area contributed by atoms with Gasteiger partial charge in [0.05, 0.1) is 4.88 Å². The summed E-state index contributed by atoms with van der Waals surface area (Å²) < 4.78 is 1.00. The zero-order chi connectivity index (χ0) is 15.5. The number of hydrogen-bond acceptors (Lipinski definition) is 2. The Morgan fingerprint density at radius 2 is 1.86 bits per heavy atom. The molecule has 0 saturated heterocycles. The first-order chi connectivity index (χ1) is 10.6. The average molecular weight is 372 g/mol. The van der Waals surface area contributed by atoms with Gasteiger partial charge >= 0.3 is 0 Å². The summed E-state index contributed by atoms with van der Waals surface area (Å²) in [5.74, 6) is -0.0701. The lowest BCUT2D eigenvalue weighted by Crippen LogP contribution is -2.12. The smallest absolute Gasteiger partial charge is 0.266 e. The Hall–Kier alpha value is -1.91. The normalized spacial score (nSPS) is 10.5. The minimum atomic E-state index is -0.0701. The highest BCUT2D eigenvalue weighted by Crippen LogP contribution is 2.29. The van der Waals surface area contributed by atoms with E-state index in [0.717, 1.165) is 31.7 Å². The van der Waals surface area contributed by atoms with Crippen molar-refractivity contribution in [2.45, 2.75) is 6.92 Å². The van der Waals surface area contributed by atoms with Crippen LogP contribution in [0.25, 0.3) is 11.1 Å². The highest BCUT2D eigenvalue weighted by Gasteiger charge is 2.15. The molecule has 1 N–H and O–H groups in total. The summed E-state index contributed by atoms with van der Waals surface area (Å²) >= 11 is 4.89. The first-order valence-electron chi connectivity index (χ1n) is 6.85. The Labute approximate surface area is 141 Å². The van der Waals surface area contributed by atoms with E-state index in [0.29, 0.717) is 0 Å². The molecule has 3 aromatic rings. The van der Waals surface area contributed by atoms with Crippen molar-refractivity contribution in [1.82, 2.24) is 0 Å². The number of nitrogens with one attached hydrogen (secondary N) is 1. The van der Waals surface area contributed by atoms with Gasteiger partial charge in [-0.1, -0.05) is 46.3 Å². The molecule has 22 heavy (non-hydrogen) atoms. The Morgan fingerprint density at radius 1 is 1.09 bits per heavy atom. The fourth-order valence-corrected chi connectivity index (χ4v) is 3.56. The van der Waals surface area contributed by atoms with Crippen LogP contribution >= 0.6 is 27.3 Å². The van der Waals surface area contributed by atoms with Gasteiger partial charge in [-0.3, -0.25) is 4.79 Å². The van der Waals surface area contributed by atoms with Crippen molar-refractivity contribution in [3.8, 4) is 11.1 Å². The standard InChI is InChI=1S/C18H14BrNOS/c1-12-11-14(19)7-8-16(12)20-18(21)17-15(9-10-22-17)13-5-3-2-4-6-13/h2-11H,1H3,(H,20,21). The van der Waals surface area contributed by atoms with Gasteiger partial charge in [-0.05, 0) is 47.7 Å². The summed E-state index contributed by atoms with van der Waals surface area (Å²) in [4.78, 5) is 13.3. The van der Waals surface area contributed by atoms with E-state index in [1.54, 1.807) is 0 Å². The molecule has 110 valence electrons. The molecule has 3 rings (SSSR count). The second kappa shape index (κ2) is 6.46. The molecule has 1 heterocycles. The molecule has 0 spiro atoms. The van der Waals surface area contributed by atoms with Gasteiger partial charge in [0.25, 0.3) is 5.91 Å². The monoisotopic (exact) mass is 371 g/mol. The Kier molecular flexibility index (Phi) is 4.41. The number of carbonyl (C=O) groups excluding carboxylic acids is 1. The third-order valence-corrected chi connectivity index (χ3v) is 4.80. The number of carbonyl (C=O) groups is 1. The number of hydrogen-bond donors (Lipinski definition) is 1. The summed E-state index contributed by atoms with van der Waals surface area (Å²) in [6, 6.07) is 17.8. The average Bonchev–Trinajstić information content (AvgIpc) is 3.00. The second-order valence-electron chi connectivity index (χ2n) is 4.94. The van der Waals surface area contributed by atoms with Crippen molar-refractivity contribution < 1.29 is 4.79 Å². The number of aryl methyl sites for hydroxylation is 1. The van der Waals surface area contributed by atoms with E-state index in [9.17, 15) is 4.79 Å². The molecule has 2 nitrogen and oxygen atoms in total. The van der Waals surface area contributed by atoms with Crippen LogP contribution in [0.3, 0.4) is 0 Å². The van der Waals surface area contributed by atoms with E-state index >= 15 is 0 Å². The maximum atomic E-state index is 12.6. The number of thiophene rings is 1. The third kappa shape index (κ3) is 3.13. The van der Waals surface area contributed by atoms with Crippen molar-refractivity contribution in [2.24, 2.45) is 0 Å². The van der Waals surface area contributed by atoms with E-state index in [4.69, 9.17) is 0 Å². The zero-order valence-electron chi connectivity index (χ0n) is 12.0. The highest BCUT2D eigenvalue weighted by molar-refractivity contribution is 9.10. The number of benzene rings is 2. The first-order valence-corrected chi connectivity index (χ1v) is 8.53. The minimum Gasteiger partial charge on any atom is -0.321 e. The van der Waals surface area contributed by atoms with Crippen LogP contribution in [0.15, 0.2) is 64.5 Å². The van der Waals surface area contributed by atoms with E-state index in [2.05, 4.69) is 21.2 Å². The molecular formula is C18H14BrNOS. The predicted molar refractivity (Wildman–Crippen MR) is 96.6 cm³/mol. The van der Waals surface area contributed by atoms with Crippen molar-refractivity contribution in [3.63, 3.8) is 0 Å². The maximum absolute atomic E-state index is 12.6. The second-order valence-corrected chi connectivity index (χ2v) is 6.77. The van der Waals surface area contributed by atoms with Gasteiger partial charge in [-0.15, -0.1) is 11.3 Å². The van der Waals surface area contributed by atoms with Crippen LogP contribution in [-0.4, -0.2) is 5.91 Å². The molecule has 0 radical (unpaired) electrons. The van der Waals surface area contributed by atoms with Crippen LogP contribution in [0.5, 0.6) is 0 Å². The molecule has 0 bridgehead atoms. The van der Waals surface area contributed by atoms with Crippen LogP contribution in [0.1, 0.15) is 15.2 Å². The van der Waals surface area contributed by atoms with E-state index in [1.807, 2.05) is 66.9 Å². The van der Waals surface area contributed by atoms with Crippen molar-refractivity contribution in [2.75, 3.05) is 5.32 Å². The number of halogens is 1. The van der Waals surface area contributed by atoms with Crippen LogP contribution in [0.2, 0.25) is 0 Å².